The van der Waals surface area contributed by atoms with Crippen molar-refractivity contribution in [2.45, 2.75) is 125 Å². The van der Waals surface area contributed by atoms with Gasteiger partial charge in [0, 0.05) is 12.2 Å². The van der Waals surface area contributed by atoms with Gasteiger partial charge in [-0.3, -0.25) is 9.59 Å². The summed E-state index contributed by atoms with van der Waals surface area (Å²) >= 11 is 0. The van der Waals surface area contributed by atoms with E-state index in [1.807, 2.05) is 71.9 Å². The van der Waals surface area contributed by atoms with Crippen molar-refractivity contribution < 1.29 is 19.1 Å². The number of aryl methyl sites for hydroxylation is 4. The quantitative estimate of drug-likeness (QED) is 0.216. The first-order valence-corrected chi connectivity index (χ1v) is 15.9. The van der Waals surface area contributed by atoms with Crippen LogP contribution >= 0.6 is 0 Å². The Morgan fingerprint density at radius 1 is 0.884 bits per heavy atom. The zero-order valence-corrected chi connectivity index (χ0v) is 28.2. The van der Waals surface area contributed by atoms with Crippen molar-refractivity contribution in [1.82, 2.24) is 10.2 Å². The third-order valence-electron chi connectivity index (χ3n) is 7.79. The van der Waals surface area contributed by atoms with Gasteiger partial charge in [0.2, 0.25) is 5.91 Å². The first-order valence-electron chi connectivity index (χ1n) is 15.9. The fraction of sp³-hybridized carbons (Fsp3) is 0.583. The predicted octanol–water partition coefficient (Wildman–Crippen LogP) is 8.34. The molecule has 0 radical (unpaired) electrons. The third-order valence-corrected chi connectivity index (χ3v) is 7.79. The van der Waals surface area contributed by atoms with Crippen LogP contribution < -0.4 is 10.6 Å². The molecule has 7 nitrogen and oxygen atoms in total. The first-order chi connectivity index (χ1) is 20.2. The Hall–Kier alpha value is -3.35. The van der Waals surface area contributed by atoms with E-state index in [1.165, 1.54) is 0 Å². The number of para-hydroxylation sites is 1. The van der Waals surface area contributed by atoms with Crippen LogP contribution in [0, 0.1) is 33.6 Å². The molecule has 0 aliphatic carbocycles. The SMILES string of the molecule is CCCCCCCN(C(=O)C(NC(=O)OC(C)(C)C)C(C)CC)C(C(=O)Nc1c(C)cccc1C)c1cc(C)cc(C)c1. The molecule has 0 spiro atoms. The summed E-state index contributed by atoms with van der Waals surface area (Å²) in [6.45, 7) is 19.8. The summed E-state index contributed by atoms with van der Waals surface area (Å²) in [6.07, 6.45) is 5.02. The molecule has 0 saturated heterocycles. The zero-order valence-electron chi connectivity index (χ0n) is 28.2. The van der Waals surface area contributed by atoms with Gasteiger partial charge in [0.25, 0.3) is 5.91 Å². The number of carbonyl (C=O) groups excluding carboxylic acids is 3. The van der Waals surface area contributed by atoms with Gasteiger partial charge in [-0.1, -0.05) is 100 Å². The highest BCUT2D eigenvalue weighted by molar-refractivity contribution is 6.00. The Kier molecular flexibility index (Phi) is 13.7. The van der Waals surface area contributed by atoms with Crippen molar-refractivity contribution in [2.75, 3.05) is 11.9 Å². The molecular formula is C36H55N3O4. The Balaban J connectivity index is 2.64. The van der Waals surface area contributed by atoms with E-state index in [4.69, 9.17) is 4.74 Å². The van der Waals surface area contributed by atoms with Gasteiger partial charge >= 0.3 is 6.09 Å². The van der Waals surface area contributed by atoms with Crippen LogP contribution in [0.4, 0.5) is 10.5 Å². The minimum absolute atomic E-state index is 0.177. The second-order valence-corrected chi connectivity index (χ2v) is 13.0. The van der Waals surface area contributed by atoms with E-state index in [1.54, 1.807) is 25.7 Å². The number of alkyl carbamates (subject to hydrolysis) is 1. The Bertz CT molecular complexity index is 1190. The van der Waals surface area contributed by atoms with E-state index in [2.05, 4.69) is 23.6 Å². The number of ether oxygens (including phenoxy) is 1. The van der Waals surface area contributed by atoms with Crippen LogP contribution in [0.25, 0.3) is 0 Å². The fourth-order valence-corrected chi connectivity index (χ4v) is 5.39. The molecule has 7 heteroatoms. The van der Waals surface area contributed by atoms with Gasteiger partial charge in [-0.15, -0.1) is 0 Å². The van der Waals surface area contributed by atoms with Gasteiger partial charge in [-0.05, 0) is 77.5 Å². The number of hydrogen-bond acceptors (Lipinski definition) is 4. The van der Waals surface area contributed by atoms with E-state index in [0.29, 0.717) is 13.0 Å². The largest absolute Gasteiger partial charge is 0.444 e. The lowest BCUT2D eigenvalue weighted by molar-refractivity contribution is -0.142. The number of hydrogen-bond donors (Lipinski definition) is 2. The summed E-state index contributed by atoms with van der Waals surface area (Å²) in [5.74, 6) is -0.731. The minimum Gasteiger partial charge on any atom is -0.444 e. The van der Waals surface area contributed by atoms with Crippen LogP contribution in [-0.4, -0.2) is 41.0 Å². The number of rotatable bonds is 14. The van der Waals surface area contributed by atoms with Crippen LogP contribution in [0.3, 0.4) is 0 Å². The molecule has 0 heterocycles. The standard InChI is InChI=1S/C36H55N3O4/c1-11-13-14-15-16-20-39(34(41)31(26(5)12-2)38-35(42)43-36(8,9)10)32(29-22-24(3)21-25(4)23-29)33(40)37-30-27(6)18-17-19-28(30)7/h17-19,21-23,26,31-32H,11-16,20H2,1-10H3,(H,37,40)(H,38,42). The number of amides is 3. The predicted molar refractivity (Wildman–Crippen MR) is 176 cm³/mol. The molecule has 238 valence electrons. The van der Waals surface area contributed by atoms with Crippen molar-refractivity contribution >= 4 is 23.6 Å². The second-order valence-electron chi connectivity index (χ2n) is 13.0. The molecular weight excluding hydrogens is 538 g/mol. The number of anilines is 1. The van der Waals surface area contributed by atoms with Crippen LogP contribution in [-0.2, 0) is 14.3 Å². The van der Waals surface area contributed by atoms with Crippen molar-refractivity contribution in [2.24, 2.45) is 5.92 Å². The molecule has 2 aromatic carbocycles. The molecule has 43 heavy (non-hydrogen) atoms. The fourth-order valence-electron chi connectivity index (χ4n) is 5.39. The molecule has 0 saturated carbocycles. The average molecular weight is 594 g/mol. The van der Waals surface area contributed by atoms with Crippen molar-refractivity contribution in [3.05, 3.63) is 64.2 Å². The van der Waals surface area contributed by atoms with Crippen molar-refractivity contribution in [3.8, 4) is 0 Å². The van der Waals surface area contributed by atoms with Gasteiger partial charge in [-0.2, -0.15) is 0 Å². The summed E-state index contributed by atoms with van der Waals surface area (Å²) in [6, 6.07) is 10.2. The molecule has 0 fully saturated rings. The summed E-state index contributed by atoms with van der Waals surface area (Å²) in [5.41, 5.74) is 4.73. The third kappa shape index (κ3) is 11.0. The normalized spacial score (nSPS) is 13.5. The molecule has 2 N–H and O–H groups in total. The molecule has 3 atom stereocenters. The van der Waals surface area contributed by atoms with Crippen molar-refractivity contribution in [3.63, 3.8) is 0 Å². The van der Waals surface area contributed by atoms with Crippen LogP contribution in [0.2, 0.25) is 0 Å². The number of carbonyl (C=O) groups is 3. The Morgan fingerprint density at radius 2 is 1.47 bits per heavy atom. The second kappa shape index (κ2) is 16.5. The highest BCUT2D eigenvalue weighted by Gasteiger charge is 2.38. The van der Waals surface area contributed by atoms with E-state index in [-0.39, 0.29) is 17.7 Å². The highest BCUT2D eigenvalue weighted by Crippen LogP contribution is 2.30. The summed E-state index contributed by atoms with van der Waals surface area (Å²) < 4.78 is 5.55. The van der Waals surface area contributed by atoms with E-state index in [0.717, 1.165) is 65.6 Å². The monoisotopic (exact) mass is 593 g/mol. The summed E-state index contributed by atoms with van der Waals surface area (Å²) in [7, 11) is 0. The van der Waals surface area contributed by atoms with Gasteiger partial charge in [0.1, 0.15) is 17.7 Å². The summed E-state index contributed by atoms with van der Waals surface area (Å²) in [5, 5.41) is 6.04. The highest BCUT2D eigenvalue weighted by atomic mass is 16.6. The summed E-state index contributed by atoms with van der Waals surface area (Å²) in [4.78, 5) is 43.6. The molecule has 0 aliphatic rings. The number of unbranched alkanes of at least 4 members (excludes halogenated alkanes) is 4. The maximum atomic E-state index is 14.6. The van der Waals surface area contributed by atoms with E-state index >= 15 is 0 Å². The Labute approximate surface area is 260 Å². The van der Waals surface area contributed by atoms with Gasteiger partial charge in [-0.25, -0.2) is 4.79 Å². The molecule has 3 amide bonds. The molecule has 0 aliphatic heterocycles. The molecule has 3 unspecified atom stereocenters. The van der Waals surface area contributed by atoms with Crippen LogP contribution in [0.1, 0.15) is 114 Å². The van der Waals surface area contributed by atoms with Gasteiger partial charge in [0.15, 0.2) is 0 Å². The van der Waals surface area contributed by atoms with Gasteiger partial charge in [0.05, 0.1) is 0 Å². The lowest BCUT2D eigenvalue weighted by Crippen LogP contribution is -2.55. The zero-order chi connectivity index (χ0) is 32.3. The first kappa shape index (κ1) is 35.8. The van der Waals surface area contributed by atoms with Gasteiger partial charge < -0.3 is 20.3 Å². The number of benzene rings is 2. The molecule has 2 rings (SSSR count). The molecule has 2 aromatic rings. The van der Waals surface area contributed by atoms with Crippen LogP contribution in [0.5, 0.6) is 0 Å². The van der Waals surface area contributed by atoms with Crippen molar-refractivity contribution in [1.29, 1.82) is 0 Å². The maximum Gasteiger partial charge on any atom is 0.408 e. The maximum absolute atomic E-state index is 14.6. The number of nitrogens with one attached hydrogen (secondary N) is 2. The lowest BCUT2D eigenvalue weighted by atomic mass is 9.94. The Morgan fingerprint density at radius 3 is 2.00 bits per heavy atom. The van der Waals surface area contributed by atoms with E-state index < -0.39 is 23.8 Å². The molecule has 0 bridgehead atoms. The van der Waals surface area contributed by atoms with E-state index in [9.17, 15) is 14.4 Å². The smallest absolute Gasteiger partial charge is 0.408 e. The topological polar surface area (TPSA) is 87.7 Å². The van der Waals surface area contributed by atoms with Crippen LogP contribution in [0.15, 0.2) is 36.4 Å². The molecule has 0 aromatic heterocycles. The number of nitrogens with zero attached hydrogens (tertiary/aromatic N) is 1. The lowest BCUT2D eigenvalue weighted by Gasteiger charge is -2.36. The average Bonchev–Trinajstić information content (AvgIpc) is 2.90. The minimum atomic E-state index is -0.886.